The molecule has 0 unspecified atom stereocenters. The van der Waals surface area contributed by atoms with Crippen LogP contribution in [0.1, 0.15) is 31.0 Å². The lowest BCUT2D eigenvalue weighted by atomic mass is 10.1. The number of nitrogens with one attached hydrogen (secondary N) is 2. The van der Waals surface area contributed by atoms with Crippen LogP contribution in [0.4, 0.5) is 5.82 Å². The topological polar surface area (TPSA) is 98.6 Å². The van der Waals surface area contributed by atoms with E-state index in [2.05, 4.69) is 14.9 Å². The maximum Gasteiger partial charge on any atom is 0.264 e. The molecule has 7 heteroatoms. The number of rotatable bonds is 4. The van der Waals surface area contributed by atoms with Gasteiger partial charge in [0.25, 0.3) is 10.0 Å². The molecular formula is C13H14N4O2S. The molecule has 0 spiro atoms. The highest BCUT2D eigenvalue weighted by Crippen LogP contribution is 2.20. The van der Waals surface area contributed by atoms with Crippen LogP contribution in [0.15, 0.2) is 35.2 Å². The largest absolute Gasteiger partial charge is 0.280 e. The van der Waals surface area contributed by atoms with Gasteiger partial charge >= 0.3 is 0 Å². The third-order valence-electron chi connectivity index (χ3n) is 2.76. The maximum atomic E-state index is 12.2. The number of aromatic amines is 1. The van der Waals surface area contributed by atoms with Crippen LogP contribution in [0.5, 0.6) is 0 Å². The van der Waals surface area contributed by atoms with E-state index in [1.807, 2.05) is 19.9 Å². The summed E-state index contributed by atoms with van der Waals surface area (Å²) >= 11 is 0. The first kappa shape index (κ1) is 14.1. The minimum absolute atomic E-state index is 0.0587. The van der Waals surface area contributed by atoms with Gasteiger partial charge in [0.1, 0.15) is 11.0 Å². The van der Waals surface area contributed by atoms with E-state index < -0.39 is 10.0 Å². The van der Waals surface area contributed by atoms with Gasteiger partial charge in [-0.2, -0.15) is 10.4 Å². The van der Waals surface area contributed by atoms with Gasteiger partial charge in [0.05, 0.1) is 5.56 Å². The van der Waals surface area contributed by atoms with Crippen LogP contribution in [0.3, 0.4) is 0 Å². The van der Waals surface area contributed by atoms with Crippen molar-refractivity contribution in [3.63, 3.8) is 0 Å². The first-order valence-corrected chi connectivity index (χ1v) is 7.49. The molecular weight excluding hydrogens is 276 g/mol. The van der Waals surface area contributed by atoms with Crippen LogP contribution in [0.2, 0.25) is 0 Å². The standard InChI is InChI=1S/C13H14N4O2S/c1-9(2)11-7-13(16-15-11)17-20(18,19)12-6-4-3-5-10(12)8-14/h3-7,9H,1-2H3,(H2,15,16,17). The van der Waals surface area contributed by atoms with Crippen molar-refractivity contribution in [1.82, 2.24) is 10.2 Å². The second-order valence-electron chi connectivity index (χ2n) is 4.58. The zero-order valence-corrected chi connectivity index (χ0v) is 11.9. The van der Waals surface area contributed by atoms with E-state index >= 15 is 0 Å². The Labute approximate surface area is 117 Å². The first-order chi connectivity index (χ1) is 9.44. The zero-order valence-electron chi connectivity index (χ0n) is 11.1. The SMILES string of the molecule is CC(C)c1cc(NS(=O)(=O)c2ccccc2C#N)n[nH]1. The summed E-state index contributed by atoms with van der Waals surface area (Å²) in [6, 6.07) is 9.53. The average molecular weight is 290 g/mol. The normalized spacial score (nSPS) is 11.3. The second kappa shape index (κ2) is 5.35. The van der Waals surface area contributed by atoms with Gasteiger partial charge in [-0.1, -0.05) is 26.0 Å². The Kier molecular flexibility index (Phi) is 3.77. The van der Waals surface area contributed by atoms with Gasteiger partial charge in [-0.25, -0.2) is 8.42 Å². The summed E-state index contributed by atoms with van der Waals surface area (Å²) in [5, 5.41) is 15.6. The molecule has 0 bridgehead atoms. The van der Waals surface area contributed by atoms with E-state index in [1.165, 1.54) is 12.1 Å². The molecule has 2 N–H and O–H groups in total. The van der Waals surface area contributed by atoms with Gasteiger partial charge in [0, 0.05) is 11.8 Å². The Hall–Kier alpha value is -2.33. The Balaban J connectivity index is 2.34. The van der Waals surface area contributed by atoms with Gasteiger partial charge in [-0.05, 0) is 18.1 Å². The quantitative estimate of drug-likeness (QED) is 0.901. The number of aromatic nitrogens is 2. The third-order valence-corrected chi connectivity index (χ3v) is 4.17. The lowest BCUT2D eigenvalue weighted by Crippen LogP contribution is -2.14. The summed E-state index contributed by atoms with van der Waals surface area (Å²) in [6.45, 7) is 3.94. The van der Waals surface area contributed by atoms with E-state index in [9.17, 15) is 8.42 Å². The van der Waals surface area contributed by atoms with Crippen molar-refractivity contribution < 1.29 is 8.42 Å². The van der Waals surface area contributed by atoms with Crippen LogP contribution >= 0.6 is 0 Å². The lowest BCUT2D eigenvalue weighted by molar-refractivity contribution is 0.601. The summed E-state index contributed by atoms with van der Waals surface area (Å²) < 4.78 is 26.9. The molecule has 0 radical (unpaired) electrons. The van der Waals surface area contributed by atoms with Crippen LogP contribution in [0, 0.1) is 11.3 Å². The fourth-order valence-corrected chi connectivity index (χ4v) is 2.82. The molecule has 1 aromatic heterocycles. The molecule has 0 aliphatic carbocycles. The van der Waals surface area contributed by atoms with Gasteiger partial charge in [-0.15, -0.1) is 0 Å². The third kappa shape index (κ3) is 2.81. The van der Waals surface area contributed by atoms with Crippen LogP contribution in [0.25, 0.3) is 0 Å². The molecule has 0 aliphatic rings. The van der Waals surface area contributed by atoms with Crippen molar-refractivity contribution in [3.05, 3.63) is 41.6 Å². The smallest absolute Gasteiger partial charge is 0.264 e. The molecule has 0 amide bonds. The van der Waals surface area contributed by atoms with Crippen molar-refractivity contribution in [2.24, 2.45) is 0 Å². The number of nitrogens with zero attached hydrogens (tertiary/aromatic N) is 2. The summed E-state index contributed by atoms with van der Waals surface area (Å²) in [5.41, 5.74) is 0.927. The molecule has 2 aromatic rings. The van der Waals surface area contributed by atoms with Crippen molar-refractivity contribution >= 4 is 15.8 Å². The molecule has 20 heavy (non-hydrogen) atoms. The van der Waals surface area contributed by atoms with Gasteiger partial charge in [-0.3, -0.25) is 9.82 Å². The highest BCUT2D eigenvalue weighted by atomic mass is 32.2. The number of benzene rings is 1. The summed E-state index contributed by atoms with van der Waals surface area (Å²) in [6.07, 6.45) is 0. The molecule has 0 saturated carbocycles. The Morgan fingerprint density at radius 3 is 2.65 bits per heavy atom. The lowest BCUT2D eigenvalue weighted by Gasteiger charge is -2.06. The number of hydrogen-bond acceptors (Lipinski definition) is 4. The van der Waals surface area contributed by atoms with E-state index in [0.717, 1.165) is 5.69 Å². The number of nitriles is 1. The Morgan fingerprint density at radius 1 is 1.35 bits per heavy atom. The van der Waals surface area contributed by atoms with E-state index in [-0.39, 0.29) is 22.2 Å². The molecule has 0 saturated heterocycles. The number of sulfonamides is 1. The fourth-order valence-electron chi connectivity index (χ4n) is 1.67. The molecule has 2 rings (SSSR count). The van der Waals surface area contributed by atoms with Crippen LogP contribution in [-0.4, -0.2) is 18.6 Å². The van der Waals surface area contributed by atoms with Crippen molar-refractivity contribution in [1.29, 1.82) is 5.26 Å². The molecule has 0 atom stereocenters. The zero-order chi connectivity index (χ0) is 14.8. The van der Waals surface area contributed by atoms with Gasteiger partial charge < -0.3 is 0 Å². The first-order valence-electron chi connectivity index (χ1n) is 6.01. The van der Waals surface area contributed by atoms with E-state index in [0.29, 0.717) is 0 Å². The maximum absolute atomic E-state index is 12.2. The molecule has 1 aromatic carbocycles. The minimum atomic E-state index is -3.82. The van der Waals surface area contributed by atoms with Gasteiger partial charge in [0.2, 0.25) is 0 Å². The van der Waals surface area contributed by atoms with E-state index in [1.54, 1.807) is 18.2 Å². The fraction of sp³-hybridized carbons (Fsp3) is 0.231. The highest BCUT2D eigenvalue weighted by molar-refractivity contribution is 7.92. The number of H-pyrrole nitrogens is 1. The minimum Gasteiger partial charge on any atom is -0.280 e. The molecule has 1 heterocycles. The monoisotopic (exact) mass is 290 g/mol. The van der Waals surface area contributed by atoms with Gasteiger partial charge in [0.15, 0.2) is 5.82 Å². The van der Waals surface area contributed by atoms with Crippen LogP contribution in [-0.2, 0) is 10.0 Å². The number of anilines is 1. The summed E-state index contributed by atoms with van der Waals surface area (Å²) in [7, 11) is -3.82. The van der Waals surface area contributed by atoms with E-state index in [4.69, 9.17) is 5.26 Å². The summed E-state index contributed by atoms with van der Waals surface area (Å²) in [4.78, 5) is -0.0587. The molecule has 0 aliphatic heterocycles. The number of hydrogen-bond donors (Lipinski definition) is 2. The molecule has 0 fully saturated rings. The van der Waals surface area contributed by atoms with Crippen molar-refractivity contribution in [3.8, 4) is 6.07 Å². The predicted molar refractivity (Wildman–Crippen MR) is 74.6 cm³/mol. The second-order valence-corrected chi connectivity index (χ2v) is 6.23. The average Bonchev–Trinajstić information content (AvgIpc) is 2.86. The predicted octanol–water partition coefficient (Wildman–Crippen LogP) is 2.21. The summed E-state index contributed by atoms with van der Waals surface area (Å²) in [5.74, 6) is 0.425. The molecule has 104 valence electrons. The molecule has 6 nitrogen and oxygen atoms in total. The van der Waals surface area contributed by atoms with Crippen molar-refractivity contribution in [2.75, 3.05) is 4.72 Å². The van der Waals surface area contributed by atoms with Crippen LogP contribution < -0.4 is 4.72 Å². The Bertz CT molecular complexity index is 757. The Morgan fingerprint density at radius 2 is 2.05 bits per heavy atom. The van der Waals surface area contributed by atoms with Crippen molar-refractivity contribution in [2.45, 2.75) is 24.7 Å². The highest BCUT2D eigenvalue weighted by Gasteiger charge is 2.19.